The Hall–Kier alpha value is -2.83. The summed E-state index contributed by atoms with van der Waals surface area (Å²) in [7, 11) is 0. The Bertz CT molecular complexity index is 879. The Balaban J connectivity index is 1.26. The molecule has 0 spiro atoms. The van der Waals surface area contributed by atoms with Crippen molar-refractivity contribution in [2.75, 3.05) is 26.2 Å². The Morgan fingerprint density at radius 2 is 1.58 bits per heavy atom. The molecule has 2 saturated heterocycles. The monoisotopic (exact) mass is 428 g/mol. The number of ether oxygens (including phenoxy) is 1. The van der Waals surface area contributed by atoms with Crippen molar-refractivity contribution in [2.24, 2.45) is 5.92 Å². The van der Waals surface area contributed by atoms with E-state index in [-0.39, 0.29) is 35.9 Å². The van der Waals surface area contributed by atoms with E-state index >= 15 is 0 Å². The minimum atomic E-state index is -0.324. The molecule has 1 aromatic heterocycles. The fourth-order valence-electron chi connectivity index (χ4n) is 4.29. The van der Waals surface area contributed by atoms with Crippen LogP contribution in [0.15, 0.2) is 40.8 Å². The maximum absolute atomic E-state index is 13.0. The van der Waals surface area contributed by atoms with Crippen molar-refractivity contribution in [2.45, 2.75) is 45.1 Å². The minimum Gasteiger partial charge on any atom is -0.486 e. The van der Waals surface area contributed by atoms with Gasteiger partial charge in [0.1, 0.15) is 23.9 Å². The predicted molar refractivity (Wildman–Crippen MR) is 113 cm³/mol. The van der Waals surface area contributed by atoms with E-state index in [1.165, 1.54) is 25.0 Å². The number of benzene rings is 1. The summed E-state index contributed by atoms with van der Waals surface area (Å²) >= 11 is 0. The number of likely N-dealkylation sites (tertiary alicyclic amines) is 2. The van der Waals surface area contributed by atoms with Gasteiger partial charge in [0.2, 0.25) is 5.91 Å². The second kappa shape index (κ2) is 9.98. The van der Waals surface area contributed by atoms with Gasteiger partial charge in [0.15, 0.2) is 5.76 Å². The number of rotatable bonds is 5. The summed E-state index contributed by atoms with van der Waals surface area (Å²) in [5, 5.41) is 0. The number of hydrogen-bond donors (Lipinski definition) is 0. The molecule has 166 valence electrons. The molecule has 7 heteroatoms. The molecule has 2 fully saturated rings. The summed E-state index contributed by atoms with van der Waals surface area (Å²) in [5.74, 6) is 1.12. The molecule has 0 saturated carbocycles. The van der Waals surface area contributed by atoms with Crippen molar-refractivity contribution in [1.29, 1.82) is 0 Å². The van der Waals surface area contributed by atoms with Crippen LogP contribution in [-0.2, 0) is 11.4 Å². The van der Waals surface area contributed by atoms with E-state index in [4.69, 9.17) is 9.15 Å². The summed E-state index contributed by atoms with van der Waals surface area (Å²) in [6.07, 6.45) is 5.99. The van der Waals surface area contributed by atoms with Crippen molar-refractivity contribution in [3.8, 4) is 5.75 Å². The molecule has 2 aliphatic rings. The van der Waals surface area contributed by atoms with Gasteiger partial charge in [-0.1, -0.05) is 12.8 Å². The summed E-state index contributed by atoms with van der Waals surface area (Å²) in [6.45, 7) is 3.02. The third-order valence-corrected chi connectivity index (χ3v) is 6.12. The molecule has 4 rings (SSSR count). The fourth-order valence-corrected chi connectivity index (χ4v) is 4.29. The zero-order chi connectivity index (χ0) is 21.6. The minimum absolute atomic E-state index is 0.0124. The molecule has 2 aliphatic heterocycles. The van der Waals surface area contributed by atoms with Gasteiger partial charge in [-0.3, -0.25) is 9.59 Å². The molecule has 1 aromatic carbocycles. The first kappa shape index (κ1) is 21.4. The molecule has 0 radical (unpaired) electrons. The molecule has 31 heavy (non-hydrogen) atoms. The third kappa shape index (κ3) is 5.46. The van der Waals surface area contributed by atoms with E-state index in [2.05, 4.69) is 0 Å². The van der Waals surface area contributed by atoms with Gasteiger partial charge in [-0.2, -0.15) is 0 Å². The van der Waals surface area contributed by atoms with Crippen LogP contribution in [0.1, 0.15) is 54.8 Å². The van der Waals surface area contributed by atoms with Crippen molar-refractivity contribution in [3.05, 3.63) is 53.7 Å². The van der Waals surface area contributed by atoms with Crippen molar-refractivity contribution in [1.82, 2.24) is 9.80 Å². The number of halogens is 1. The van der Waals surface area contributed by atoms with Crippen LogP contribution in [-0.4, -0.2) is 47.8 Å². The number of amides is 2. The van der Waals surface area contributed by atoms with Crippen LogP contribution >= 0.6 is 0 Å². The van der Waals surface area contributed by atoms with E-state index in [0.717, 1.165) is 25.9 Å². The predicted octanol–water partition coefficient (Wildman–Crippen LogP) is 4.25. The molecule has 6 nitrogen and oxygen atoms in total. The molecule has 0 N–H and O–H groups in total. The van der Waals surface area contributed by atoms with E-state index in [9.17, 15) is 14.0 Å². The molecule has 3 heterocycles. The first-order valence-corrected chi connectivity index (χ1v) is 11.2. The largest absolute Gasteiger partial charge is 0.486 e. The lowest BCUT2D eigenvalue weighted by molar-refractivity contribution is -0.136. The normalized spacial score (nSPS) is 18.0. The molecule has 0 atom stereocenters. The molecule has 0 bridgehead atoms. The van der Waals surface area contributed by atoms with Gasteiger partial charge in [0.25, 0.3) is 5.91 Å². The summed E-state index contributed by atoms with van der Waals surface area (Å²) in [5.41, 5.74) is 0. The molecular formula is C24H29FN2O4. The maximum atomic E-state index is 13.0. The number of piperidine rings is 1. The lowest BCUT2D eigenvalue weighted by Crippen LogP contribution is -2.44. The lowest BCUT2D eigenvalue weighted by Gasteiger charge is -2.33. The summed E-state index contributed by atoms with van der Waals surface area (Å²) in [4.78, 5) is 29.4. The van der Waals surface area contributed by atoms with Crippen molar-refractivity contribution in [3.63, 3.8) is 0 Å². The summed E-state index contributed by atoms with van der Waals surface area (Å²) in [6, 6.07) is 9.11. The van der Waals surface area contributed by atoms with Crippen LogP contribution in [0.25, 0.3) is 0 Å². The van der Waals surface area contributed by atoms with E-state index in [1.807, 2.05) is 4.90 Å². The van der Waals surface area contributed by atoms with Gasteiger partial charge in [-0.05, 0) is 62.1 Å². The average molecular weight is 429 g/mol. The first-order valence-electron chi connectivity index (χ1n) is 11.2. The molecule has 2 aromatic rings. The number of hydrogen-bond acceptors (Lipinski definition) is 4. The highest BCUT2D eigenvalue weighted by Crippen LogP contribution is 2.24. The van der Waals surface area contributed by atoms with Gasteiger partial charge in [0.05, 0.1) is 0 Å². The number of furan rings is 1. The highest BCUT2D eigenvalue weighted by atomic mass is 19.1. The highest BCUT2D eigenvalue weighted by molar-refractivity contribution is 5.91. The van der Waals surface area contributed by atoms with Gasteiger partial charge in [-0.25, -0.2) is 4.39 Å². The van der Waals surface area contributed by atoms with Gasteiger partial charge >= 0.3 is 0 Å². The zero-order valence-electron chi connectivity index (χ0n) is 17.7. The zero-order valence-corrected chi connectivity index (χ0v) is 17.7. The van der Waals surface area contributed by atoms with Crippen LogP contribution in [0.4, 0.5) is 4.39 Å². The average Bonchev–Trinajstić information content (AvgIpc) is 3.11. The Morgan fingerprint density at radius 1 is 0.903 bits per heavy atom. The maximum Gasteiger partial charge on any atom is 0.289 e. The molecule has 0 aliphatic carbocycles. The number of nitrogens with zero attached hydrogens (tertiary/aromatic N) is 2. The van der Waals surface area contributed by atoms with Crippen LogP contribution in [0.2, 0.25) is 0 Å². The van der Waals surface area contributed by atoms with Gasteiger partial charge in [-0.15, -0.1) is 0 Å². The summed E-state index contributed by atoms with van der Waals surface area (Å²) < 4.78 is 24.2. The SMILES string of the molecule is O=C(c1ccc(COc2ccc(F)cc2)o1)N1CCC(C(=O)N2CCCCCC2)CC1. The Morgan fingerprint density at radius 3 is 2.26 bits per heavy atom. The van der Waals surface area contributed by atoms with E-state index in [0.29, 0.717) is 37.4 Å². The van der Waals surface area contributed by atoms with Gasteiger partial charge in [0, 0.05) is 32.1 Å². The Labute approximate surface area is 182 Å². The number of carbonyl (C=O) groups excluding carboxylic acids is 2. The van der Waals surface area contributed by atoms with Crippen LogP contribution in [0, 0.1) is 11.7 Å². The quantitative estimate of drug-likeness (QED) is 0.714. The molecule has 0 unspecified atom stereocenters. The smallest absolute Gasteiger partial charge is 0.289 e. The lowest BCUT2D eigenvalue weighted by atomic mass is 9.95. The Kier molecular flexibility index (Phi) is 6.89. The molecule has 2 amide bonds. The topological polar surface area (TPSA) is 63.0 Å². The van der Waals surface area contributed by atoms with Gasteiger partial charge < -0.3 is 19.0 Å². The van der Waals surface area contributed by atoms with E-state index < -0.39 is 0 Å². The van der Waals surface area contributed by atoms with E-state index in [1.54, 1.807) is 29.2 Å². The second-order valence-electron chi connectivity index (χ2n) is 8.31. The van der Waals surface area contributed by atoms with Crippen molar-refractivity contribution < 1.29 is 23.1 Å². The van der Waals surface area contributed by atoms with Crippen LogP contribution in [0.5, 0.6) is 5.75 Å². The van der Waals surface area contributed by atoms with Crippen LogP contribution < -0.4 is 4.74 Å². The second-order valence-corrected chi connectivity index (χ2v) is 8.31. The molecular weight excluding hydrogens is 399 g/mol. The highest BCUT2D eigenvalue weighted by Gasteiger charge is 2.31. The standard InChI is InChI=1S/C24H29FN2O4/c25-19-5-7-20(8-6-19)30-17-21-9-10-22(31-21)24(29)27-15-11-18(12-16-27)23(28)26-13-3-1-2-4-14-26/h5-10,18H,1-4,11-17H2. The van der Waals surface area contributed by atoms with Crippen LogP contribution in [0.3, 0.4) is 0 Å². The fraction of sp³-hybridized carbons (Fsp3) is 0.500. The first-order chi connectivity index (χ1) is 15.1. The number of carbonyl (C=O) groups is 2. The third-order valence-electron chi connectivity index (χ3n) is 6.12. The van der Waals surface area contributed by atoms with Crippen molar-refractivity contribution >= 4 is 11.8 Å².